The van der Waals surface area contributed by atoms with Crippen LogP contribution in [0.3, 0.4) is 0 Å². The van der Waals surface area contributed by atoms with E-state index in [9.17, 15) is 19.2 Å². The fourth-order valence-electron chi connectivity index (χ4n) is 4.40. The first-order valence-electron chi connectivity index (χ1n) is 13.2. The van der Waals surface area contributed by atoms with Crippen molar-refractivity contribution in [2.45, 2.75) is 46.0 Å². The van der Waals surface area contributed by atoms with Crippen molar-refractivity contribution in [2.75, 3.05) is 19.0 Å². The number of hydrogen-bond donors (Lipinski definition) is 2. The lowest BCUT2D eigenvalue weighted by Crippen LogP contribution is -2.33. The molecule has 0 radical (unpaired) electrons. The molecule has 0 spiro atoms. The molecule has 0 unspecified atom stereocenters. The van der Waals surface area contributed by atoms with Gasteiger partial charge in [-0.25, -0.2) is 15.0 Å². The summed E-state index contributed by atoms with van der Waals surface area (Å²) in [7, 11) is 1.47. The number of nitrogens with one attached hydrogen (secondary N) is 2. The van der Waals surface area contributed by atoms with Crippen LogP contribution >= 0.6 is 11.3 Å². The topological polar surface area (TPSA) is 132 Å². The predicted octanol–water partition coefficient (Wildman–Crippen LogP) is 4.90. The highest BCUT2D eigenvalue weighted by atomic mass is 32.1. The molecule has 11 heteroatoms. The molecule has 2 amide bonds. The Morgan fingerprint density at radius 3 is 2.39 bits per heavy atom. The van der Waals surface area contributed by atoms with Gasteiger partial charge in [0.1, 0.15) is 22.1 Å². The van der Waals surface area contributed by atoms with E-state index in [1.165, 1.54) is 18.4 Å². The van der Waals surface area contributed by atoms with Crippen LogP contribution in [0.2, 0.25) is 0 Å². The smallest absolute Gasteiger partial charge is 0.347 e. The van der Waals surface area contributed by atoms with Gasteiger partial charge in [-0.15, -0.1) is 11.3 Å². The van der Waals surface area contributed by atoms with Crippen molar-refractivity contribution in [3.05, 3.63) is 75.7 Å². The molecule has 1 aliphatic rings. The molecule has 0 atom stereocenters. The first-order valence-corrected chi connectivity index (χ1v) is 14.1. The molecule has 2 aromatic carbocycles. The summed E-state index contributed by atoms with van der Waals surface area (Å²) in [6.07, 6.45) is 4.56. The quantitative estimate of drug-likeness (QED) is 0.0972. The summed E-state index contributed by atoms with van der Waals surface area (Å²) in [5, 5.41) is 6.92. The Kier molecular flexibility index (Phi) is 9.86. The SMILES string of the molecule is CCOC(=O)c1c(NC(=O)C(=O)N/N=C(\C)c2ccc(OC(=O)c3ccccc3OC)cc2)sc2c1CCCCC2. The number of ether oxygens (including phenoxy) is 3. The molecule has 0 fully saturated rings. The zero-order valence-electron chi connectivity index (χ0n) is 23.1. The number of carbonyl (C=O) groups is 4. The van der Waals surface area contributed by atoms with E-state index in [4.69, 9.17) is 14.2 Å². The van der Waals surface area contributed by atoms with Crippen LogP contribution in [0.4, 0.5) is 5.00 Å². The lowest BCUT2D eigenvalue weighted by atomic mass is 10.1. The van der Waals surface area contributed by atoms with E-state index in [-0.39, 0.29) is 6.61 Å². The number of methoxy groups -OCH3 is 1. The van der Waals surface area contributed by atoms with Crippen molar-refractivity contribution >= 4 is 45.8 Å². The molecule has 1 aliphatic carbocycles. The maximum Gasteiger partial charge on any atom is 0.347 e. The molecule has 41 heavy (non-hydrogen) atoms. The van der Waals surface area contributed by atoms with Gasteiger partial charge in [-0.2, -0.15) is 5.10 Å². The van der Waals surface area contributed by atoms with Crippen molar-refractivity contribution in [1.82, 2.24) is 5.43 Å². The van der Waals surface area contributed by atoms with E-state index in [0.29, 0.717) is 38.9 Å². The fraction of sp³-hybridized carbons (Fsp3) is 0.300. The highest BCUT2D eigenvalue weighted by molar-refractivity contribution is 7.17. The maximum atomic E-state index is 12.7. The Labute approximate surface area is 241 Å². The van der Waals surface area contributed by atoms with Crippen molar-refractivity contribution in [1.29, 1.82) is 0 Å². The molecule has 0 saturated carbocycles. The molecule has 1 aromatic heterocycles. The number of benzene rings is 2. The Bertz CT molecular complexity index is 1480. The van der Waals surface area contributed by atoms with Crippen molar-refractivity contribution in [2.24, 2.45) is 5.10 Å². The van der Waals surface area contributed by atoms with Crippen LogP contribution in [0.25, 0.3) is 0 Å². The second-order valence-electron chi connectivity index (χ2n) is 9.20. The van der Waals surface area contributed by atoms with E-state index < -0.39 is 23.8 Å². The number of amides is 2. The summed E-state index contributed by atoms with van der Waals surface area (Å²) in [6.45, 7) is 3.58. The fourth-order valence-corrected chi connectivity index (χ4v) is 5.67. The molecule has 4 rings (SSSR count). The Balaban J connectivity index is 1.39. The minimum absolute atomic E-state index is 0.205. The molecular formula is C30H31N3O7S. The monoisotopic (exact) mass is 577 g/mol. The summed E-state index contributed by atoms with van der Waals surface area (Å²) in [5.41, 5.74) is 4.83. The standard InChI is InChI=1S/C30H31N3O7S/c1-4-39-30(37)25-22-11-6-5-7-13-24(22)41-28(25)31-26(34)27(35)33-32-18(2)19-14-16-20(17-15-19)40-29(36)21-10-8-9-12-23(21)38-3/h8-10,12,14-17H,4-7,11,13H2,1-3H3,(H,31,34)(H,33,35)/b32-18+. The number of thiophene rings is 1. The molecule has 214 valence electrons. The molecule has 2 N–H and O–H groups in total. The zero-order valence-corrected chi connectivity index (χ0v) is 23.9. The number of para-hydroxylation sites is 1. The van der Waals surface area contributed by atoms with Gasteiger partial charge in [0.15, 0.2) is 0 Å². The third-order valence-electron chi connectivity index (χ3n) is 6.47. The largest absolute Gasteiger partial charge is 0.496 e. The highest BCUT2D eigenvalue weighted by Gasteiger charge is 2.28. The third kappa shape index (κ3) is 7.17. The number of hydrazone groups is 1. The number of carbonyl (C=O) groups excluding carboxylic acids is 4. The minimum Gasteiger partial charge on any atom is -0.496 e. The van der Waals surface area contributed by atoms with Crippen LogP contribution in [0.5, 0.6) is 11.5 Å². The third-order valence-corrected chi connectivity index (χ3v) is 7.68. The van der Waals surface area contributed by atoms with Gasteiger partial charge in [0, 0.05) is 4.88 Å². The molecule has 3 aromatic rings. The molecule has 0 aliphatic heterocycles. The number of aryl methyl sites for hydroxylation is 1. The summed E-state index contributed by atoms with van der Waals surface area (Å²) in [4.78, 5) is 51.5. The summed E-state index contributed by atoms with van der Waals surface area (Å²) in [5.74, 6) is -2.27. The predicted molar refractivity (Wildman–Crippen MR) is 155 cm³/mol. The van der Waals surface area contributed by atoms with E-state index in [1.807, 2.05) is 0 Å². The van der Waals surface area contributed by atoms with Crippen LogP contribution in [-0.4, -0.2) is 43.2 Å². The first kappa shape index (κ1) is 29.5. The number of fused-ring (bicyclic) bond motifs is 1. The van der Waals surface area contributed by atoms with E-state index in [1.54, 1.807) is 62.4 Å². The Morgan fingerprint density at radius 2 is 1.66 bits per heavy atom. The number of anilines is 1. The number of hydrogen-bond acceptors (Lipinski definition) is 9. The van der Waals surface area contributed by atoms with Gasteiger partial charge >= 0.3 is 23.8 Å². The molecule has 0 bridgehead atoms. The highest BCUT2D eigenvalue weighted by Crippen LogP contribution is 2.38. The van der Waals surface area contributed by atoms with Crippen molar-refractivity contribution in [3.63, 3.8) is 0 Å². The average molecular weight is 578 g/mol. The van der Waals surface area contributed by atoms with Crippen LogP contribution < -0.4 is 20.2 Å². The van der Waals surface area contributed by atoms with E-state index in [2.05, 4.69) is 15.8 Å². The van der Waals surface area contributed by atoms with E-state index in [0.717, 1.165) is 42.5 Å². The van der Waals surface area contributed by atoms with Crippen LogP contribution in [0, 0.1) is 0 Å². The summed E-state index contributed by atoms with van der Waals surface area (Å²) in [6, 6.07) is 13.3. The summed E-state index contributed by atoms with van der Waals surface area (Å²) >= 11 is 1.31. The van der Waals surface area contributed by atoms with Gasteiger partial charge in [-0.3, -0.25) is 9.59 Å². The lowest BCUT2D eigenvalue weighted by Gasteiger charge is -2.09. The van der Waals surface area contributed by atoms with Crippen LogP contribution in [-0.2, 0) is 27.2 Å². The van der Waals surface area contributed by atoms with Crippen molar-refractivity contribution < 1.29 is 33.4 Å². The summed E-state index contributed by atoms with van der Waals surface area (Å²) < 4.78 is 15.9. The lowest BCUT2D eigenvalue weighted by molar-refractivity contribution is -0.136. The second-order valence-corrected chi connectivity index (χ2v) is 10.3. The Hall–Kier alpha value is -4.51. The van der Waals surface area contributed by atoms with Crippen molar-refractivity contribution in [3.8, 4) is 11.5 Å². The number of esters is 2. The molecule has 0 saturated heterocycles. The van der Waals surface area contributed by atoms with Crippen LogP contribution in [0.15, 0.2) is 53.6 Å². The molecule has 10 nitrogen and oxygen atoms in total. The normalized spacial score (nSPS) is 12.9. The number of rotatable bonds is 8. The maximum absolute atomic E-state index is 12.7. The minimum atomic E-state index is -0.981. The molecule has 1 heterocycles. The van der Waals surface area contributed by atoms with E-state index >= 15 is 0 Å². The van der Waals surface area contributed by atoms with Gasteiger partial charge in [-0.1, -0.05) is 18.6 Å². The van der Waals surface area contributed by atoms with Gasteiger partial charge < -0.3 is 19.5 Å². The zero-order chi connectivity index (χ0) is 29.4. The van der Waals surface area contributed by atoms with Gasteiger partial charge in [0.2, 0.25) is 0 Å². The molecular weight excluding hydrogens is 546 g/mol. The van der Waals surface area contributed by atoms with Crippen LogP contribution in [0.1, 0.15) is 69.8 Å². The van der Waals surface area contributed by atoms with Gasteiger partial charge in [-0.05, 0) is 87.1 Å². The average Bonchev–Trinajstić information content (AvgIpc) is 3.15. The first-order chi connectivity index (χ1) is 19.8. The number of nitrogens with zero attached hydrogens (tertiary/aromatic N) is 1. The van der Waals surface area contributed by atoms with Gasteiger partial charge in [0.25, 0.3) is 0 Å². The van der Waals surface area contributed by atoms with Gasteiger partial charge in [0.05, 0.1) is 25.0 Å². The Morgan fingerprint density at radius 1 is 0.927 bits per heavy atom. The second kappa shape index (κ2) is 13.7.